The number of benzene rings is 1. The van der Waals surface area contributed by atoms with E-state index in [0.717, 1.165) is 24.2 Å². The van der Waals surface area contributed by atoms with Crippen LogP contribution in [0.1, 0.15) is 124 Å². The number of ether oxygens (including phenoxy) is 1. The standard InChI is InChI=1S/C37H54O2/c1-24-16-19-34(5)22-23-36(7)27(31(34)25(24)2)14-15-29-35(6)20-18-30(39-32(38)26-12-10-9-11-13-26)33(3,4)28(35)17-21-37(29,36)8/h9-13,16,25,27-31H,14-15,17-23H2,1-8H3/t25-,27+,28-,29+,30-,31+,34+,35+,36+,37-/m0/s1. The van der Waals surface area contributed by atoms with Crippen LogP contribution in [-0.2, 0) is 4.74 Å². The monoisotopic (exact) mass is 530 g/mol. The second kappa shape index (κ2) is 8.96. The molecule has 0 amide bonds. The second-order valence-electron chi connectivity index (χ2n) is 16.4. The molecule has 0 unspecified atom stereocenters. The Labute approximate surface area is 238 Å². The van der Waals surface area contributed by atoms with Crippen LogP contribution in [0.4, 0.5) is 0 Å². The fraction of sp³-hybridized carbons (Fsp3) is 0.757. The van der Waals surface area contributed by atoms with Crippen molar-refractivity contribution in [2.24, 2.45) is 56.7 Å². The van der Waals surface area contributed by atoms with E-state index in [4.69, 9.17) is 4.74 Å². The van der Waals surface area contributed by atoms with Crippen LogP contribution >= 0.6 is 0 Å². The average molecular weight is 531 g/mol. The van der Waals surface area contributed by atoms with Gasteiger partial charge in [-0.1, -0.05) is 78.3 Å². The lowest BCUT2D eigenvalue weighted by Gasteiger charge is -2.73. The predicted octanol–water partition coefficient (Wildman–Crippen LogP) is 9.89. The third-order valence-electron chi connectivity index (χ3n) is 14.7. The normalized spacial score (nSPS) is 48.5. The summed E-state index contributed by atoms with van der Waals surface area (Å²) >= 11 is 0. The minimum Gasteiger partial charge on any atom is -0.458 e. The topological polar surface area (TPSA) is 26.3 Å². The number of hydrogen-bond donors (Lipinski definition) is 0. The summed E-state index contributed by atoms with van der Waals surface area (Å²) in [5.74, 6) is 3.59. The Morgan fingerprint density at radius 2 is 1.54 bits per heavy atom. The zero-order chi connectivity index (χ0) is 28.0. The summed E-state index contributed by atoms with van der Waals surface area (Å²) < 4.78 is 6.30. The van der Waals surface area contributed by atoms with Crippen LogP contribution in [0.3, 0.4) is 0 Å². The lowest BCUT2D eigenvalue weighted by molar-refractivity contribution is -0.250. The Morgan fingerprint density at radius 1 is 0.821 bits per heavy atom. The maximum atomic E-state index is 13.1. The Hall–Kier alpha value is -1.57. The molecule has 0 N–H and O–H groups in total. The van der Waals surface area contributed by atoms with Gasteiger partial charge in [0.1, 0.15) is 6.10 Å². The van der Waals surface area contributed by atoms with Crippen LogP contribution in [0, 0.1) is 56.7 Å². The predicted molar refractivity (Wildman–Crippen MR) is 160 cm³/mol. The van der Waals surface area contributed by atoms with Gasteiger partial charge in [-0.05, 0) is 128 Å². The van der Waals surface area contributed by atoms with Gasteiger partial charge in [-0.3, -0.25) is 0 Å². The van der Waals surface area contributed by atoms with Crippen LogP contribution in [0.15, 0.2) is 42.0 Å². The van der Waals surface area contributed by atoms with Gasteiger partial charge in [0.2, 0.25) is 0 Å². The summed E-state index contributed by atoms with van der Waals surface area (Å²) in [6.07, 6.45) is 14.2. The molecule has 0 aliphatic heterocycles. The maximum absolute atomic E-state index is 13.1. The van der Waals surface area contributed by atoms with E-state index in [1.165, 1.54) is 51.4 Å². The minimum absolute atomic E-state index is 0.00666. The fourth-order valence-corrected chi connectivity index (χ4v) is 12.2. The maximum Gasteiger partial charge on any atom is 0.338 e. The van der Waals surface area contributed by atoms with Crippen molar-refractivity contribution < 1.29 is 9.53 Å². The first-order chi connectivity index (χ1) is 18.3. The largest absolute Gasteiger partial charge is 0.458 e. The lowest BCUT2D eigenvalue weighted by atomic mass is 9.31. The minimum atomic E-state index is -0.151. The zero-order valence-corrected chi connectivity index (χ0v) is 26.1. The SMILES string of the molecule is CC1=CC[C@]2(C)CC[C@]3(C)[C@H](CC[C@@H]4[C@]5(C)CC[C@H](OC(=O)c6ccccc6)C(C)(C)[C@@H]5CC[C@@]43C)[C@H]2[C@H]1C. The summed E-state index contributed by atoms with van der Waals surface area (Å²) in [4.78, 5) is 13.1. The summed E-state index contributed by atoms with van der Waals surface area (Å²) in [5.41, 5.74) is 3.92. The van der Waals surface area contributed by atoms with Gasteiger partial charge in [0.15, 0.2) is 0 Å². The van der Waals surface area contributed by atoms with Crippen LogP contribution in [0.25, 0.3) is 0 Å². The number of hydrogen-bond acceptors (Lipinski definition) is 2. The molecule has 6 rings (SSSR count). The Morgan fingerprint density at radius 3 is 2.26 bits per heavy atom. The molecule has 0 bridgehead atoms. The van der Waals surface area contributed by atoms with Crippen molar-refractivity contribution in [3.63, 3.8) is 0 Å². The van der Waals surface area contributed by atoms with Gasteiger partial charge >= 0.3 is 5.97 Å². The molecule has 0 aromatic heterocycles. The Kier molecular flexibility index (Phi) is 6.34. The van der Waals surface area contributed by atoms with E-state index in [0.29, 0.717) is 39.1 Å². The molecule has 0 saturated heterocycles. The third kappa shape index (κ3) is 3.74. The molecule has 2 nitrogen and oxygen atoms in total. The van der Waals surface area contributed by atoms with Gasteiger partial charge in [0, 0.05) is 5.41 Å². The van der Waals surface area contributed by atoms with E-state index < -0.39 is 0 Å². The van der Waals surface area contributed by atoms with Crippen LogP contribution < -0.4 is 0 Å². The van der Waals surface area contributed by atoms with Crippen LogP contribution in [-0.4, -0.2) is 12.1 Å². The van der Waals surface area contributed by atoms with E-state index >= 15 is 0 Å². The summed E-state index contributed by atoms with van der Waals surface area (Å²) in [7, 11) is 0. The van der Waals surface area contributed by atoms with Gasteiger partial charge in [-0.25, -0.2) is 4.79 Å². The first kappa shape index (κ1) is 27.6. The van der Waals surface area contributed by atoms with Crippen molar-refractivity contribution in [3.05, 3.63) is 47.5 Å². The van der Waals surface area contributed by atoms with Crippen molar-refractivity contribution in [1.29, 1.82) is 0 Å². The van der Waals surface area contributed by atoms with Gasteiger partial charge in [-0.15, -0.1) is 0 Å². The molecule has 1 aromatic carbocycles. The van der Waals surface area contributed by atoms with E-state index in [-0.39, 0.29) is 17.5 Å². The van der Waals surface area contributed by atoms with Gasteiger partial charge in [0.25, 0.3) is 0 Å². The summed E-state index contributed by atoms with van der Waals surface area (Å²) in [5, 5.41) is 0. The highest BCUT2D eigenvalue weighted by Crippen LogP contribution is 2.76. The van der Waals surface area contributed by atoms with Crippen molar-refractivity contribution in [2.75, 3.05) is 0 Å². The molecule has 1 aromatic rings. The molecule has 0 radical (unpaired) electrons. The van der Waals surface area contributed by atoms with E-state index in [1.807, 2.05) is 30.3 Å². The molecule has 0 spiro atoms. The molecule has 5 aliphatic carbocycles. The van der Waals surface area contributed by atoms with Gasteiger partial charge in [0.05, 0.1) is 5.56 Å². The number of carbonyl (C=O) groups excluding carboxylic acids is 1. The number of fused-ring (bicyclic) bond motifs is 7. The molecule has 214 valence electrons. The smallest absolute Gasteiger partial charge is 0.338 e. The summed E-state index contributed by atoms with van der Waals surface area (Å²) in [6.45, 7) is 20.5. The molecule has 4 fully saturated rings. The quantitative estimate of drug-likeness (QED) is 0.281. The molecule has 39 heavy (non-hydrogen) atoms. The second-order valence-corrected chi connectivity index (χ2v) is 16.4. The van der Waals surface area contributed by atoms with Crippen molar-refractivity contribution in [3.8, 4) is 0 Å². The number of esters is 1. The first-order valence-electron chi connectivity index (χ1n) is 16.2. The van der Waals surface area contributed by atoms with Crippen LogP contribution in [0.2, 0.25) is 0 Å². The number of allylic oxidation sites excluding steroid dienone is 2. The first-order valence-corrected chi connectivity index (χ1v) is 16.2. The summed E-state index contributed by atoms with van der Waals surface area (Å²) in [6, 6.07) is 9.58. The molecule has 5 aliphatic rings. The number of carbonyl (C=O) groups is 1. The van der Waals surface area contributed by atoms with Crippen molar-refractivity contribution in [1.82, 2.24) is 0 Å². The Balaban J connectivity index is 1.28. The highest BCUT2D eigenvalue weighted by atomic mass is 16.5. The molecule has 0 heterocycles. The fourth-order valence-electron chi connectivity index (χ4n) is 12.2. The highest BCUT2D eigenvalue weighted by Gasteiger charge is 2.69. The Bertz CT molecular complexity index is 1150. The molecule has 2 heteroatoms. The average Bonchev–Trinajstić information content (AvgIpc) is 2.89. The van der Waals surface area contributed by atoms with E-state index in [1.54, 1.807) is 5.57 Å². The third-order valence-corrected chi connectivity index (χ3v) is 14.7. The van der Waals surface area contributed by atoms with Gasteiger partial charge in [-0.2, -0.15) is 0 Å². The molecule has 4 saturated carbocycles. The van der Waals surface area contributed by atoms with Crippen LogP contribution in [0.5, 0.6) is 0 Å². The van der Waals surface area contributed by atoms with Crippen molar-refractivity contribution >= 4 is 5.97 Å². The molecule has 10 atom stereocenters. The highest BCUT2D eigenvalue weighted by molar-refractivity contribution is 5.89. The molecular formula is C37H54O2. The van der Waals surface area contributed by atoms with E-state index in [9.17, 15) is 4.79 Å². The molecular weight excluding hydrogens is 476 g/mol. The van der Waals surface area contributed by atoms with Crippen molar-refractivity contribution in [2.45, 2.75) is 119 Å². The van der Waals surface area contributed by atoms with E-state index in [2.05, 4.69) is 61.5 Å². The number of rotatable bonds is 2. The zero-order valence-electron chi connectivity index (χ0n) is 26.1. The van der Waals surface area contributed by atoms with Gasteiger partial charge < -0.3 is 4.74 Å². The lowest BCUT2D eigenvalue weighted by Crippen LogP contribution is -2.67.